The Kier molecular flexibility index (Phi) is 25.1. The van der Waals surface area contributed by atoms with Gasteiger partial charge in [0.15, 0.2) is 0 Å². The number of aliphatic hydroxyl groups is 2. The summed E-state index contributed by atoms with van der Waals surface area (Å²) in [6, 6.07) is 0. The molecule has 3 fully saturated rings. The van der Waals surface area contributed by atoms with Gasteiger partial charge in [-0.3, -0.25) is 4.79 Å². The monoisotopic (exact) mass is 838 g/mol. The van der Waals surface area contributed by atoms with Crippen molar-refractivity contribution in [2.75, 3.05) is 0 Å². The van der Waals surface area contributed by atoms with Gasteiger partial charge in [-0.2, -0.15) is 19.8 Å². The summed E-state index contributed by atoms with van der Waals surface area (Å²) in [5.74, 6) is -0.440. The Morgan fingerprint density at radius 3 is 1.24 bits per heavy atom. The first-order valence-electron chi connectivity index (χ1n) is 14.7. The largest absolute Gasteiger partial charge is 0.481 e. The second-order valence-electron chi connectivity index (χ2n) is 11.7. The van der Waals surface area contributed by atoms with Gasteiger partial charge in [0, 0.05) is 120 Å². The van der Waals surface area contributed by atoms with E-state index in [1.807, 2.05) is 48.5 Å². The van der Waals surface area contributed by atoms with E-state index in [2.05, 4.69) is 13.2 Å². The Labute approximate surface area is 331 Å². The van der Waals surface area contributed by atoms with E-state index in [1.165, 1.54) is 0 Å². The van der Waals surface area contributed by atoms with Crippen molar-refractivity contribution in [1.82, 2.24) is 0 Å². The quantitative estimate of drug-likeness (QED) is 0.139. The first-order valence-corrected chi connectivity index (χ1v) is 14.7. The maximum atomic E-state index is 11.9. The molecule has 2 N–H and O–H groups in total. The van der Waals surface area contributed by atoms with Crippen LogP contribution < -0.4 is 0 Å². The summed E-state index contributed by atoms with van der Waals surface area (Å²) >= 11 is 0. The van der Waals surface area contributed by atoms with E-state index in [9.17, 15) is 19.5 Å². The number of carbonyl (C=O) groups is 3. The second kappa shape index (κ2) is 23.1. The number of aliphatic hydroxyl groups excluding tert-OH is 2. The van der Waals surface area contributed by atoms with Crippen molar-refractivity contribution in [3.05, 3.63) is 47.3 Å². The molecular formula is C32H54O10P2Y2. The summed E-state index contributed by atoms with van der Waals surface area (Å²) < 4.78 is 24.9. The Hall–Kier alpha value is -0.362. The summed E-state index contributed by atoms with van der Waals surface area (Å²) in [5.41, 5.74) is 2.62. The zero-order chi connectivity index (χ0) is 31.8. The molecule has 258 valence electrons. The predicted octanol–water partition coefficient (Wildman–Crippen LogP) is 6.53. The van der Waals surface area contributed by atoms with Crippen LogP contribution in [0.25, 0.3) is 0 Å². The van der Waals surface area contributed by atoms with E-state index in [0.717, 1.165) is 36.8 Å². The van der Waals surface area contributed by atoms with Crippen LogP contribution in [-0.2, 0) is 103 Å². The number of ether oxygens (including phenoxy) is 5. The molecule has 0 saturated carbocycles. The van der Waals surface area contributed by atoms with Crippen LogP contribution in [0.2, 0.25) is 0 Å². The normalized spacial score (nSPS) is 28.8. The number of carbonyl (C=O) groups excluding carboxylic acids is 3. The molecule has 3 saturated heterocycles. The van der Waals surface area contributed by atoms with Crippen molar-refractivity contribution in [3.63, 3.8) is 0 Å². The fraction of sp³-hybridized carbons (Fsp3) is 0.656. The summed E-state index contributed by atoms with van der Waals surface area (Å²) in [6.07, 6.45) is 6.17. The molecule has 0 spiro atoms. The number of rotatable bonds is 4. The predicted molar refractivity (Wildman–Crippen MR) is 178 cm³/mol. The van der Waals surface area contributed by atoms with Crippen LogP contribution in [0.3, 0.4) is 0 Å². The Bertz CT molecular complexity index is 1060. The van der Waals surface area contributed by atoms with Crippen LogP contribution in [0.4, 0.5) is 0 Å². The zero-order valence-electron chi connectivity index (χ0n) is 28.7. The van der Waals surface area contributed by atoms with E-state index in [-0.39, 0.29) is 146 Å². The third kappa shape index (κ3) is 15.0. The SMILES string of the molecule is C=C1CC(C)OC1=O.C=C1CC(C)OC1=O.CCC1=C(O)OC(C)C1.CC[C@@]1(CC2=C(O)OC(C)C2)CC(C)OC1=O.P.P.[Y].[Y]. The van der Waals surface area contributed by atoms with Gasteiger partial charge in [0.25, 0.3) is 11.9 Å². The molecule has 5 aliphatic heterocycles. The molecule has 0 aliphatic carbocycles. The molecule has 14 heteroatoms. The van der Waals surface area contributed by atoms with Crippen molar-refractivity contribution in [3.8, 4) is 0 Å². The van der Waals surface area contributed by atoms with Crippen LogP contribution in [0.15, 0.2) is 47.3 Å². The second-order valence-corrected chi connectivity index (χ2v) is 11.7. The molecule has 0 aromatic heterocycles. The van der Waals surface area contributed by atoms with E-state index in [0.29, 0.717) is 36.8 Å². The van der Waals surface area contributed by atoms with Gasteiger partial charge < -0.3 is 33.9 Å². The molecule has 5 aliphatic rings. The van der Waals surface area contributed by atoms with Crippen molar-refractivity contribution in [2.45, 2.75) is 130 Å². The zero-order valence-corrected chi connectivity index (χ0v) is 37.2. The molecule has 7 unspecified atom stereocenters. The van der Waals surface area contributed by atoms with Gasteiger partial charge in [-0.1, -0.05) is 27.0 Å². The number of hydrogen-bond acceptors (Lipinski definition) is 10. The smallest absolute Gasteiger partial charge is 0.333 e. The van der Waals surface area contributed by atoms with Crippen LogP contribution >= 0.6 is 19.8 Å². The topological polar surface area (TPSA) is 138 Å². The number of esters is 3. The third-order valence-electron chi connectivity index (χ3n) is 7.63. The first kappa shape index (κ1) is 50.0. The third-order valence-corrected chi connectivity index (χ3v) is 7.63. The number of cyclic esters (lactones) is 3. The van der Waals surface area contributed by atoms with Crippen molar-refractivity contribution < 1.29 is 114 Å². The number of hydrogen-bond donors (Lipinski definition) is 2. The first-order chi connectivity index (χ1) is 19.6. The molecule has 8 atom stereocenters. The summed E-state index contributed by atoms with van der Waals surface area (Å²) in [4.78, 5) is 32.9. The van der Waals surface area contributed by atoms with Gasteiger partial charge in [0.05, 0.1) is 5.41 Å². The van der Waals surface area contributed by atoms with Crippen molar-refractivity contribution in [2.24, 2.45) is 5.41 Å². The molecule has 0 aromatic carbocycles. The van der Waals surface area contributed by atoms with Crippen LogP contribution in [-0.4, -0.2) is 58.6 Å². The van der Waals surface area contributed by atoms with Gasteiger partial charge in [-0.25, -0.2) is 9.59 Å². The van der Waals surface area contributed by atoms with E-state index in [1.54, 1.807) is 0 Å². The fourth-order valence-electron chi connectivity index (χ4n) is 5.37. The minimum atomic E-state index is -0.462. The average molecular weight is 839 g/mol. The van der Waals surface area contributed by atoms with Crippen LogP contribution in [0, 0.1) is 5.41 Å². The van der Waals surface area contributed by atoms with Gasteiger partial charge in [-0.05, 0) is 53.9 Å². The molecule has 2 radical (unpaired) electrons. The average Bonchev–Trinajstić information content (AvgIpc) is 3.65. The molecule has 5 heterocycles. The molecule has 10 nitrogen and oxygen atoms in total. The minimum Gasteiger partial charge on any atom is -0.481 e. The van der Waals surface area contributed by atoms with Gasteiger partial charge in [-0.15, -0.1) is 0 Å². The maximum absolute atomic E-state index is 11.9. The van der Waals surface area contributed by atoms with Crippen molar-refractivity contribution >= 4 is 37.7 Å². The molecule has 0 bridgehead atoms. The summed E-state index contributed by atoms with van der Waals surface area (Å²) in [6.45, 7) is 20.5. The Morgan fingerprint density at radius 1 is 0.652 bits per heavy atom. The van der Waals surface area contributed by atoms with Crippen LogP contribution in [0.1, 0.15) is 99.8 Å². The Morgan fingerprint density at radius 2 is 1.04 bits per heavy atom. The van der Waals surface area contributed by atoms with Crippen molar-refractivity contribution in [1.29, 1.82) is 0 Å². The van der Waals surface area contributed by atoms with E-state index >= 15 is 0 Å². The Balaban J connectivity index is -0.000000553. The fourth-order valence-corrected chi connectivity index (χ4v) is 5.37. The van der Waals surface area contributed by atoms with Gasteiger partial charge >= 0.3 is 17.9 Å². The molecule has 5 rings (SSSR count). The molecule has 0 aromatic rings. The van der Waals surface area contributed by atoms with E-state index < -0.39 is 5.41 Å². The van der Waals surface area contributed by atoms with Gasteiger partial charge in [0.1, 0.15) is 30.5 Å². The maximum Gasteiger partial charge on any atom is 0.333 e. The van der Waals surface area contributed by atoms with Crippen LogP contribution in [0.5, 0.6) is 0 Å². The standard InChI is InChI=1S/C13H20O4.C7H12O2.2C6H8O2.2H3P.2Y/c1-4-13(6-9(3)17-12(13)15)7-10-5-8(2)16-11(10)14;1-3-6-4-5(2)9-7(6)8;2*1-4-3-5(2)8-6(4)7;;;;/h8-9,14H,4-7H2,1-3H3;5,8H,3-4H2,1-2H3;2*5H,1,3H2,2H3;2*1H3;;/t8?,9?,13-;;;;;;;/m0......./s1. The molecular weight excluding hydrogens is 784 g/mol. The van der Waals surface area contributed by atoms with E-state index in [4.69, 9.17) is 28.8 Å². The minimum absolute atomic E-state index is 0. The summed E-state index contributed by atoms with van der Waals surface area (Å²) in [5, 5.41) is 18.7. The molecule has 0 amide bonds. The molecule has 46 heavy (non-hydrogen) atoms. The van der Waals surface area contributed by atoms with Gasteiger partial charge in [0.2, 0.25) is 0 Å². The summed E-state index contributed by atoms with van der Waals surface area (Å²) in [7, 11) is 0.